The number of anilines is 1. The summed E-state index contributed by atoms with van der Waals surface area (Å²) in [6.45, 7) is 3.84. The fourth-order valence-corrected chi connectivity index (χ4v) is 3.43. The van der Waals surface area contributed by atoms with Gasteiger partial charge in [-0.2, -0.15) is 0 Å². The second-order valence-corrected chi connectivity index (χ2v) is 6.19. The predicted octanol–water partition coefficient (Wildman–Crippen LogP) is 2.44. The molecule has 1 aromatic carbocycles. The first-order chi connectivity index (χ1) is 10.2. The third kappa shape index (κ3) is 2.80. The highest BCUT2D eigenvalue weighted by molar-refractivity contribution is 6.03. The normalized spacial score (nSPS) is 26.2. The Hall–Kier alpha value is -1.84. The average molecular weight is 286 g/mol. The lowest BCUT2D eigenvalue weighted by Gasteiger charge is -2.35. The van der Waals surface area contributed by atoms with Crippen molar-refractivity contribution >= 4 is 17.5 Å². The molecule has 4 nitrogen and oxygen atoms in total. The van der Waals surface area contributed by atoms with Gasteiger partial charge in [-0.1, -0.05) is 25.1 Å². The zero-order chi connectivity index (χ0) is 14.8. The fourth-order valence-electron chi connectivity index (χ4n) is 3.43. The van der Waals surface area contributed by atoms with Crippen LogP contribution in [-0.4, -0.2) is 35.8 Å². The second-order valence-electron chi connectivity index (χ2n) is 6.19. The molecule has 2 fully saturated rings. The molecule has 0 aromatic heterocycles. The number of amides is 2. The van der Waals surface area contributed by atoms with Crippen LogP contribution in [0, 0.1) is 5.92 Å². The van der Waals surface area contributed by atoms with Crippen molar-refractivity contribution in [3.8, 4) is 0 Å². The third-order valence-electron chi connectivity index (χ3n) is 4.50. The number of rotatable bonds is 2. The van der Waals surface area contributed by atoms with E-state index in [0.717, 1.165) is 25.2 Å². The van der Waals surface area contributed by atoms with E-state index in [0.29, 0.717) is 18.8 Å². The fraction of sp³-hybridized carbons (Fsp3) is 0.529. The van der Waals surface area contributed by atoms with Gasteiger partial charge in [-0.3, -0.25) is 14.5 Å². The summed E-state index contributed by atoms with van der Waals surface area (Å²) >= 11 is 0. The number of benzene rings is 1. The van der Waals surface area contributed by atoms with Gasteiger partial charge in [0.25, 0.3) is 0 Å². The molecule has 3 rings (SSSR count). The van der Waals surface area contributed by atoms with Crippen LogP contribution in [0.4, 0.5) is 5.69 Å². The van der Waals surface area contributed by atoms with Crippen molar-refractivity contribution in [3.63, 3.8) is 0 Å². The monoisotopic (exact) mass is 286 g/mol. The molecule has 0 radical (unpaired) electrons. The molecule has 21 heavy (non-hydrogen) atoms. The maximum atomic E-state index is 12.8. The van der Waals surface area contributed by atoms with Crippen molar-refractivity contribution in [1.82, 2.24) is 4.90 Å². The third-order valence-corrected chi connectivity index (χ3v) is 4.50. The number of piperidine rings is 1. The first-order valence-corrected chi connectivity index (χ1v) is 7.82. The predicted molar refractivity (Wildman–Crippen MR) is 81.9 cm³/mol. The second kappa shape index (κ2) is 5.88. The average Bonchev–Trinajstić information content (AvgIpc) is 2.89. The highest BCUT2D eigenvalue weighted by atomic mass is 16.2. The van der Waals surface area contributed by atoms with Gasteiger partial charge in [0.05, 0.1) is 0 Å². The van der Waals surface area contributed by atoms with Crippen LogP contribution in [0.15, 0.2) is 30.3 Å². The molecule has 2 aliphatic rings. The van der Waals surface area contributed by atoms with Crippen molar-refractivity contribution < 1.29 is 9.59 Å². The maximum absolute atomic E-state index is 12.8. The number of para-hydroxylation sites is 1. The van der Waals surface area contributed by atoms with E-state index in [1.54, 1.807) is 4.90 Å². The molecule has 2 heterocycles. The van der Waals surface area contributed by atoms with E-state index in [1.807, 2.05) is 35.2 Å². The van der Waals surface area contributed by atoms with Gasteiger partial charge in [0.2, 0.25) is 11.8 Å². The minimum Gasteiger partial charge on any atom is -0.341 e. The summed E-state index contributed by atoms with van der Waals surface area (Å²) in [6.07, 6.45) is 3.36. The first-order valence-electron chi connectivity index (χ1n) is 7.82. The van der Waals surface area contributed by atoms with Gasteiger partial charge in [-0.05, 0) is 37.3 Å². The molecule has 0 aliphatic carbocycles. The Kier molecular flexibility index (Phi) is 3.95. The minimum atomic E-state index is -0.315. The SMILES string of the molecule is CC1CCCN(C(=O)C2CCC(=O)N2c2ccccc2)C1. The molecular weight excluding hydrogens is 264 g/mol. The van der Waals surface area contributed by atoms with Crippen LogP contribution in [0.2, 0.25) is 0 Å². The Labute approximate surface area is 125 Å². The van der Waals surface area contributed by atoms with Gasteiger partial charge < -0.3 is 4.90 Å². The van der Waals surface area contributed by atoms with Gasteiger partial charge >= 0.3 is 0 Å². The highest BCUT2D eigenvalue weighted by Crippen LogP contribution is 2.28. The van der Waals surface area contributed by atoms with Crippen LogP contribution >= 0.6 is 0 Å². The van der Waals surface area contributed by atoms with Gasteiger partial charge in [0.15, 0.2) is 0 Å². The summed E-state index contributed by atoms with van der Waals surface area (Å²) < 4.78 is 0. The molecule has 2 aliphatic heterocycles. The van der Waals surface area contributed by atoms with Gasteiger partial charge in [0.1, 0.15) is 6.04 Å². The smallest absolute Gasteiger partial charge is 0.245 e. The summed E-state index contributed by atoms with van der Waals surface area (Å²) in [5.41, 5.74) is 0.836. The van der Waals surface area contributed by atoms with E-state index in [2.05, 4.69) is 6.92 Å². The summed E-state index contributed by atoms with van der Waals surface area (Å²) in [7, 11) is 0. The van der Waals surface area contributed by atoms with Gasteiger partial charge in [-0.25, -0.2) is 0 Å². The van der Waals surface area contributed by atoms with Crippen molar-refractivity contribution in [2.45, 2.75) is 38.6 Å². The molecule has 2 amide bonds. The molecule has 0 saturated carbocycles. The van der Waals surface area contributed by atoms with Crippen molar-refractivity contribution in [3.05, 3.63) is 30.3 Å². The number of likely N-dealkylation sites (tertiary alicyclic amines) is 1. The quantitative estimate of drug-likeness (QED) is 0.838. The van der Waals surface area contributed by atoms with Crippen LogP contribution in [0.1, 0.15) is 32.6 Å². The van der Waals surface area contributed by atoms with Gasteiger partial charge in [-0.15, -0.1) is 0 Å². The largest absolute Gasteiger partial charge is 0.341 e. The molecule has 112 valence electrons. The molecule has 2 atom stereocenters. The van der Waals surface area contributed by atoms with Crippen LogP contribution in [0.25, 0.3) is 0 Å². The van der Waals surface area contributed by atoms with Crippen LogP contribution in [0.3, 0.4) is 0 Å². The van der Waals surface area contributed by atoms with Crippen LogP contribution < -0.4 is 4.90 Å². The van der Waals surface area contributed by atoms with Crippen molar-refractivity contribution in [2.75, 3.05) is 18.0 Å². The Morgan fingerprint density at radius 1 is 1.19 bits per heavy atom. The molecular formula is C17H22N2O2. The minimum absolute atomic E-state index is 0.0598. The lowest BCUT2D eigenvalue weighted by atomic mass is 9.99. The zero-order valence-electron chi connectivity index (χ0n) is 12.5. The molecule has 2 unspecified atom stereocenters. The summed E-state index contributed by atoms with van der Waals surface area (Å²) in [4.78, 5) is 28.6. The van der Waals surface area contributed by atoms with E-state index in [1.165, 1.54) is 6.42 Å². The highest BCUT2D eigenvalue weighted by Gasteiger charge is 2.39. The number of hydrogen-bond donors (Lipinski definition) is 0. The number of carbonyl (C=O) groups excluding carboxylic acids is 2. The van der Waals surface area contributed by atoms with Crippen molar-refractivity contribution in [1.29, 1.82) is 0 Å². The summed E-state index contributed by atoms with van der Waals surface area (Å²) in [5, 5.41) is 0. The van der Waals surface area contributed by atoms with Crippen molar-refractivity contribution in [2.24, 2.45) is 5.92 Å². The molecule has 0 N–H and O–H groups in total. The van der Waals surface area contributed by atoms with E-state index >= 15 is 0 Å². The van der Waals surface area contributed by atoms with E-state index in [4.69, 9.17) is 0 Å². The topological polar surface area (TPSA) is 40.6 Å². The molecule has 0 bridgehead atoms. The Morgan fingerprint density at radius 3 is 2.67 bits per heavy atom. The lowest BCUT2D eigenvalue weighted by molar-refractivity contribution is -0.134. The molecule has 0 spiro atoms. The Balaban J connectivity index is 1.80. The first kappa shape index (κ1) is 14.1. The Bertz CT molecular complexity index is 529. The van der Waals surface area contributed by atoms with E-state index in [-0.39, 0.29) is 17.9 Å². The molecule has 1 aromatic rings. The summed E-state index contributed by atoms with van der Waals surface area (Å²) in [6, 6.07) is 9.24. The number of carbonyl (C=O) groups is 2. The lowest BCUT2D eigenvalue weighted by Crippen LogP contribution is -2.49. The standard InChI is InChI=1S/C17H22N2O2/c1-13-6-5-11-18(12-13)17(21)15-9-10-16(20)19(15)14-7-3-2-4-8-14/h2-4,7-8,13,15H,5-6,9-12H2,1H3. The van der Waals surface area contributed by atoms with E-state index in [9.17, 15) is 9.59 Å². The van der Waals surface area contributed by atoms with Crippen LogP contribution in [-0.2, 0) is 9.59 Å². The van der Waals surface area contributed by atoms with E-state index < -0.39 is 0 Å². The summed E-state index contributed by atoms with van der Waals surface area (Å²) in [5.74, 6) is 0.742. The molecule has 2 saturated heterocycles. The Morgan fingerprint density at radius 2 is 1.95 bits per heavy atom. The molecule has 4 heteroatoms. The zero-order valence-corrected chi connectivity index (χ0v) is 12.5. The number of nitrogens with zero attached hydrogens (tertiary/aromatic N) is 2. The number of hydrogen-bond acceptors (Lipinski definition) is 2. The maximum Gasteiger partial charge on any atom is 0.245 e. The van der Waals surface area contributed by atoms with Gasteiger partial charge in [0, 0.05) is 25.2 Å². The van der Waals surface area contributed by atoms with Crippen LogP contribution in [0.5, 0.6) is 0 Å².